The summed E-state index contributed by atoms with van der Waals surface area (Å²) >= 11 is 3.34. The van der Waals surface area contributed by atoms with Crippen LogP contribution in [0.1, 0.15) is 28.4 Å². The Kier molecular flexibility index (Phi) is 5.61. The summed E-state index contributed by atoms with van der Waals surface area (Å²) in [6.07, 6.45) is -0.0257. The van der Waals surface area contributed by atoms with Gasteiger partial charge in [0.2, 0.25) is 0 Å². The molecule has 1 aliphatic rings. The third-order valence-corrected chi connectivity index (χ3v) is 5.08. The van der Waals surface area contributed by atoms with E-state index in [1.165, 1.54) is 5.56 Å². The molecule has 1 atom stereocenters. The summed E-state index contributed by atoms with van der Waals surface area (Å²) in [5.74, 6) is -0.0929. The highest BCUT2D eigenvalue weighted by Gasteiger charge is 2.27. The second-order valence-electron chi connectivity index (χ2n) is 6.18. The number of nitrogens with zero attached hydrogens (tertiary/aromatic N) is 1. The quantitative estimate of drug-likeness (QED) is 0.713. The number of methoxy groups -OCH3 is 1. The molecule has 2 aromatic rings. The van der Waals surface area contributed by atoms with E-state index >= 15 is 0 Å². The summed E-state index contributed by atoms with van der Waals surface area (Å²) in [4.78, 5) is 26.7. The van der Waals surface area contributed by atoms with Crippen LogP contribution in [0.25, 0.3) is 0 Å². The van der Waals surface area contributed by atoms with E-state index < -0.39 is 12.1 Å². The van der Waals surface area contributed by atoms with Crippen molar-refractivity contribution in [3.8, 4) is 5.75 Å². The largest absolute Gasteiger partial charge is 0.496 e. The molecule has 0 aliphatic carbocycles. The first-order valence-corrected chi connectivity index (χ1v) is 9.19. The van der Waals surface area contributed by atoms with Gasteiger partial charge in [-0.2, -0.15) is 0 Å². The molecule has 0 unspecified atom stereocenters. The van der Waals surface area contributed by atoms with Gasteiger partial charge < -0.3 is 14.4 Å². The van der Waals surface area contributed by atoms with Gasteiger partial charge in [-0.3, -0.25) is 4.79 Å². The minimum atomic E-state index is -0.839. The van der Waals surface area contributed by atoms with Gasteiger partial charge in [0.25, 0.3) is 5.91 Å². The monoisotopic (exact) mass is 417 g/mol. The van der Waals surface area contributed by atoms with Gasteiger partial charge in [-0.05, 0) is 58.6 Å². The van der Waals surface area contributed by atoms with Crippen molar-refractivity contribution < 1.29 is 19.1 Å². The first-order chi connectivity index (χ1) is 12.5. The molecule has 0 N–H and O–H groups in total. The van der Waals surface area contributed by atoms with Gasteiger partial charge in [-0.1, -0.05) is 24.3 Å². The Balaban J connectivity index is 1.64. The Labute approximate surface area is 161 Å². The van der Waals surface area contributed by atoms with Crippen LogP contribution in [0.5, 0.6) is 5.75 Å². The van der Waals surface area contributed by atoms with Crippen molar-refractivity contribution in [1.82, 2.24) is 4.90 Å². The number of hydrogen-bond acceptors (Lipinski definition) is 4. The van der Waals surface area contributed by atoms with Crippen LogP contribution in [0.4, 0.5) is 0 Å². The van der Waals surface area contributed by atoms with Crippen LogP contribution in [0.3, 0.4) is 0 Å². The van der Waals surface area contributed by atoms with Gasteiger partial charge in [0.15, 0.2) is 6.10 Å². The van der Waals surface area contributed by atoms with Crippen LogP contribution in [0.15, 0.2) is 46.9 Å². The van der Waals surface area contributed by atoms with Crippen LogP contribution >= 0.6 is 15.9 Å². The number of carbonyl (C=O) groups excluding carboxylic acids is 2. The van der Waals surface area contributed by atoms with Crippen molar-refractivity contribution >= 4 is 27.8 Å². The molecule has 3 rings (SSSR count). The summed E-state index contributed by atoms with van der Waals surface area (Å²) in [6.45, 7) is 2.79. The van der Waals surface area contributed by atoms with Crippen LogP contribution in [-0.4, -0.2) is 36.5 Å². The van der Waals surface area contributed by atoms with Gasteiger partial charge in [0, 0.05) is 13.1 Å². The lowest BCUT2D eigenvalue weighted by Gasteiger charge is -2.30. The number of amides is 1. The summed E-state index contributed by atoms with van der Waals surface area (Å²) < 4.78 is 11.2. The molecule has 1 heterocycles. The molecule has 0 bridgehead atoms. The van der Waals surface area contributed by atoms with Gasteiger partial charge in [0.05, 0.1) is 17.1 Å². The van der Waals surface area contributed by atoms with Gasteiger partial charge in [-0.15, -0.1) is 0 Å². The smallest absolute Gasteiger partial charge is 0.338 e. The predicted octanol–water partition coefficient (Wildman–Crippen LogP) is 3.59. The minimum absolute atomic E-state index is 0.180. The zero-order valence-electron chi connectivity index (χ0n) is 14.7. The molecule has 0 fully saturated rings. The molecule has 0 aromatic heterocycles. The third-order valence-electron chi connectivity index (χ3n) is 4.46. The van der Waals surface area contributed by atoms with E-state index in [1.807, 2.05) is 18.2 Å². The van der Waals surface area contributed by atoms with E-state index in [0.29, 0.717) is 28.9 Å². The van der Waals surface area contributed by atoms with E-state index in [4.69, 9.17) is 9.47 Å². The van der Waals surface area contributed by atoms with Crippen molar-refractivity contribution in [3.63, 3.8) is 0 Å². The molecular weight excluding hydrogens is 398 g/mol. The van der Waals surface area contributed by atoms with Crippen LogP contribution in [-0.2, 0) is 22.5 Å². The summed E-state index contributed by atoms with van der Waals surface area (Å²) in [5.41, 5.74) is 2.77. The number of benzene rings is 2. The zero-order valence-corrected chi connectivity index (χ0v) is 16.3. The first-order valence-electron chi connectivity index (χ1n) is 8.39. The van der Waals surface area contributed by atoms with E-state index in [0.717, 1.165) is 12.0 Å². The summed E-state index contributed by atoms with van der Waals surface area (Å²) in [6, 6.07) is 13.0. The molecule has 1 aliphatic heterocycles. The fourth-order valence-corrected chi connectivity index (χ4v) is 3.55. The maximum atomic E-state index is 12.7. The highest BCUT2D eigenvalue weighted by atomic mass is 79.9. The second kappa shape index (κ2) is 7.91. The maximum absolute atomic E-state index is 12.7. The number of fused-ring (bicyclic) bond motifs is 1. The topological polar surface area (TPSA) is 55.8 Å². The molecule has 26 heavy (non-hydrogen) atoms. The van der Waals surface area contributed by atoms with Gasteiger partial charge >= 0.3 is 5.97 Å². The standard InChI is InChI=1S/C20H20BrNO4/c1-13(26-20(24)15-7-8-18(25-2)17(21)11-15)19(23)22-10-9-14-5-3-4-6-16(14)12-22/h3-8,11,13H,9-10,12H2,1-2H3/t13-/m1/s1. The Morgan fingerprint density at radius 3 is 2.58 bits per heavy atom. The molecular formula is C20H20BrNO4. The average molecular weight is 418 g/mol. The average Bonchev–Trinajstić information content (AvgIpc) is 2.66. The Morgan fingerprint density at radius 1 is 1.15 bits per heavy atom. The molecule has 5 nitrogen and oxygen atoms in total. The van der Waals surface area contributed by atoms with Crippen LogP contribution in [0.2, 0.25) is 0 Å². The number of esters is 1. The summed E-state index contributed by atoms with van der Waals surface area (Å²) in [7, 11) is 1.55. The SMILES string of the molecule is COc1ccc(C(=O)O[C@H](C)C(=O)N2CCc3ccccc3C2)cc1Br. The highest BCUT2D eigenvalue weighted by molar-refractivity contribution is 9.10. The number of rotatable bonds is 4. The lowest BCUT2D eigenvalue weighted by atomic mass is 9.99. The lowest BCUT2D eigenvalue weighted by Crippen LogP contribution is -2.42. The van der Waals surface area contributed by atoms with Gasteiger partial charge in [-0.25, -0.2) is 4.79 Å². The minimum Gasteiger partial charge on any atom is -0.496 e. The van der Waals surface area contributed by atoms with E-state index in [1.54, 1.807) is 37.1 Å². The number of carbonyl (C=O) groups is 2. The van der Waals surface area contributed by atoms with Crippen molar-refractivity contribution in [3.05, 3.63) is 63.6 Å². The molecule has 0 saturated heterocycles. The highest BCUT2D eigenvalue weighted by Crippen LogP contribution is 2.26. The number of ether oxygens (including phenoxy) is 2. The maximum Gasteiger partial charge on any atom is 0.338 e. The fourth-order valence-electron chi connectivity index (χ4n) is 3.01. The molecule has 1 amide bonds. The van der Waals surface area contributed by atoms with Gasteiger partial charge in [0.1, 0.15) is 5.75 Å². The Hall–Kier alpha value is -2.34. The molecule has 0 saturated carbocycles. The number of hydrogen-bond donors (Lipinski definition) is 0. The van der Waals surface area contributed by atoms with Crippen LogP contribution in [0, 0.1) is 0 Å². The zero-order chi connectivity index (χ0) is 18.7. The summed E-state index contributed by atoms with van der Waals surface area (Å²) in [5, 5.41) is 0. The first kappa shape index (κ1) is 18.5. The van der Waals surface area contributed by atoms with E-state index in [2.05, 4.69) is 22.0 Å². The molecule has 0 spiro atoms. The Bertz CT molecular complexity index is 836. The second-order valence-corrected chi connectivity index (χ2v) is 7.03. The third kappa shape index (κ3) is 3.90. The van der Waals surface area contributed by atoms with Crippen molar-refractivity contribution in [2.75, 3.05) is 13.7 Å². The van der Waals surface area contributed by atoms with Crippen molar-refractivity contribution in [1.29, 1.82) is 0 Å². The van der Waals surface area contributed by atoms with E-state index in [-0.39, 0.29) is 5.91 Å². The van der Waals surface area contributed by atoms with Crippen molar-refractivity contribution in [2.24, 2.45) is 0 Å². The van der Waals surface area contributed by atoms with E-state index in [9.17, 15) is 9.59 Å². The molecule has 6 heteroatoms. The molecule has 136 valence electrons. The van der Waals surface area contributed by atoms with Crippen LogP contribution < -0.4 is 4.74 Å². The Morgan fingerprint density at radius 2 is 1.88 bits per heavy atom. The van der Waals surface area contributed by atoms with Crippen molar-refractivity contribution in [2.45, 2.75) is 26.0 Å². The molecule has 2 aromatic carbocycles. The lowest BCUT2D eigenvalue weighted by molar-refractivity contribution is -0.140. The predicted molar refractivity (Wildman–Crippen MR) is 101 cm³/mol. The fraction of sp³-hybridized carbons (Fsp3) is 0.300. The number of halogens is 1. The normalized spacial score (nSPS) is 14.3. The molecule has 0 radical (unpaired) electrons.